The van der Waals surface area contributed by atoms with Gasteiger partial charge in [0.15, 0.2) is 0 Å². The Kier molecular flexibility index (Phi) is 6.46. The van der Waals surface area contributed by atoms with Crippen molar-refractivity contribution < 1.29 is 13.9 Å². The summed E-state index contributed by atoms with van der Waals surface area (Å²) in [5.41, 5.74) is 0.941. The molecular weight excluding hydrogens is 318 g/mol. The molecule has 0 aliphatic rings. The van der Waals surface area contributed by atoms with E-state index in [2.05, 4.69) is 5.10 Å². The summed E-state index contributed by atoms with van der Waals surface area (Å²) in [4.78, 5) is 0. The molecule has 0 aliphatic carbocycles. The van der Waals surface area contributed by atoms with Crippen molar-refractivity contribution in [3.8, 4) is 5.75 Å². The average Bonchev–Trinajstić information content (AvgIpc) is 2.40. The molecule has 124 valence electrons. The fourth-order valence-electron chi connectivity index (χ4n) is 2.20. The van der Waals surface area contributed by atoms with Crippen LogP contribution in [0.2, 0.25) is 0 Å². The van der Waals surface area contributed by atoms with E-state index in [9.17, 15) is 9.13 Å². The molecule has 0 aliphatic heterocycles. The third-order valence-electron chi connectivity index (χ3n) is 3.38. The Balaban J connectivity index is 2.78. The summed E-state index contributed by atoms with van der Waals surface area (Å²) in [6.07, 6.45) is 1.73. The summed E-state index contributed by atoms with van der Waals surface area (Å²) in [6, 6.07) is 7.54. The Bertz CT molecular complexity index is 580. The third-order valence-corrected chi connectivity index (χ3v) is 9.92. The molecule has 0 spiro atoms. The minimum Gasteiger partial charge on any atom is -0.497 e. The van der Waals surface area contributed by atoms with Crippen molar-refractivity contribution in [1.82, 2.24) is 5.01 Å². The van der Waals surface area contributed by atoms with Gasteiger partial charge in [-0.05, 0) is 56.5 Å². The van der Waals surface area contributed by atoms with Crippen molar-refractivity contribution >= 4 is 20.5 Å². The van der Waals surface area contributed by atoms with Crippen LogP contribution in [-0.2, 0) is 9.13 Å². The predicted molar refractivity (Wildman–Crippen MR) is 95.9 cm³/mol. The van der Waals surface area contributed by atoms with Crippen molar-refractivity contribution in [2.24, 2.45) is 5.10 Å². The molecule has 0 radical (unpaired) electrons. The van der Waals surface area contributed by atoms with E-state index < -0.39 is 14.3 Å². The highest BCUT2D eigenvalue weighted by Crippen LogP contribution is 2.61. The molecule has 1 rings (SSSR count). The monoisotopic (exact) mass is 344 g/mol. The molecule has 5 nitrogen and oxygen atoms in total. The van der Waals surface area contributed by atoms with Crippen LogP contribution >= 0.6 is 14.3 Å². The van der Waals surface area contributed by atoms with Crippen LogP contribution in [0, 0.1) is 0 Å². The van der Waals surface area contributed by atoms with Gasteiger partial charge in [-0.25, -0.2) is 0 Å². The van der Waals surface area contributed by atoms with E-state index in [1.165, 1.54) is 0 Å². The van der Waals surface area contributed by atoms with E-state index in [0.29, 0.717) is 6.54 Å². The molecule has 0 saturated carbocycles. The van der Waals surface area contributed by atoms with E-state index in [4.69, 9.17) is 4.74 Å². The highest BCUT2D eigenvalue weighted by atomic mass is 31.2. The van der Waals surface area contributed by atoms with Crippen LogP contribution in [-0.4, -0.2) is 64.0 Å². The van der Waals surface area contributed by atoms with Crippen molar-refractivity contribution in [2.75, 3.05) is 47.4 Å². The van der Waals surface area contributed by atoms with Crippen LogP contribution in [0.15, 0.2) is 29.4 Å². The van der Waals surface area contributed by atoms with Crippen LogP contribution in [0.3, 0.4) is 0 Å². The normalized spacial score (nSPS) is 12.9. The van der Waals surface area contributed by atoms with Crippen LogP contribution in [0.4, 0.5) is 0 Å². The van der Waals surface area contributed by atoms with Crippen LogP contribution in [0.25, 0.3) is 0 Å². The summed E-state index contributed by atoms with van der Waals surface area (Å²) >= 11 is 0. The molecule has 0 fully saturated rings. The molecule has 0 unspecified atom stereocenters. The lowest BCUT2D eigenvalue weighted by atomic mass is 10.2. The Morgan fingerprint density at radius 1 is 1.14 bits per heavy atom. The molecule has 0 bridgehead atoms. The van der Waals surface area contributed by atoms with Crippen molar-refractivity contribution in [3.05, 3.63) is 29.8 Å². The highest BCUT2D eigenvalue weighted by Gasteiger charge is 2.34. The molecule has 1 aromatic rings. The first-order valence-electron chi connectivity index (χ1n) is 7.02. The van der Waals surface area contributed by atoms with Gasteiger partial charge in [0.2, 0.25) is 0 Å². The van der Waals surface area contributed by atoms with Gasteiger partial charge in [0.05, 0.1) is 39.6 Å². The SMILES string of the molecule is COc1ccc(/C=N/N(C)CC(P(C)(C)=O)P(C)(C)=O)cc1. The highest BCUT2D eigenvalue weighted by molar-refractivity contribution is 7.80. The predicted octanol–water partition coefficient (Wildman–Crippen LogP) is 3.53. The molecule has 0 heterocycles. The summed E-state index contributed by atoms with van der Waals surface area (Å²) in [5, 5.41) is 5.71. The van der Waals surface area contributed by atoms with Gasteiger partial charge in [0.25, 0.3) is 0 Å². The molecule has 0 amide bonds. The first kappa shape index (κ1) is 19.0. The Morgan fingerprint density at radius 3 is 2.05 bits per heavy atom. The number of hydrogen-bond acceptors (Lipinski definition) is 5. The fraction of sp³-hybridized carbons (Fsp3) is 0.533. The van der Waals surface area contributed by atoms with Gasteiger partial charge >= 0.3 is 0 Å². The largest absolute Gasteiger partial charge is 0.497 e. The number of methoxy groups -OCH3 is 1. The third kappa shape index (κ3) is 5.98. The van der Waals surface area contributed by atoms with Crippen molar-refractivity contribution in [2.45, 2.75) is 5.40 Å². The van der Waals surface area contributed by atoms with Gasteiger partial charge in [-0.15, -0.1) is 0 Å². The number of benzene rings is 1. The zero-order chi connectivity index (χ0) is 17.0. The topological polar surface area (TPSA) is 59.0 Å². The summed E-state index contributed by atoms with van der Waals surface area (Å²) < 4.78 is 29.9. The fourth-order valence-corrected chi connectivity index (χ4v) is 8.82. The number of nitrogens with zero attached hydrogens (tertiary/aromatic N) is 2. The maximum atomic E-state index is 12.4. The molecule has 22 heavy (non-hydrogen) atoms. The Labute approximate surface area is 133 Å². The Morgan fingerprint density at radius 2 is 1.64 bits per heavy atom. The second-order valence-electron chi connectivity index (χ2n) is 6.21. The second kappa shape index (κ2) is 7.48. The zero-order valence-corrected chi connectivity index (χ0v) is 16.0. The number of hydrogen-bond donors (Lipinski definition) is 0. The lowest BCUT2D eigenvalue weighted by molar-refractivity contribution is 0.367. The molecule has 7 heteroatoms. The smallest absolute Gasteiger partial charge is 0.118 e. The number of rotatable bonds is 7. The van der Waals surface area contributed by atoms with Crippen LogP contribution < -0.4 is 4.74 Å². The van der Waals surface area contributed by atoms with Crippen LogP contribution in [0.1, 0.15) is 5.56 Å². The van der Waals surface area contributed by atoms with Gasteiger partial charge < -0.3 is 13.9 Å². The number of hydrazone groups is 1. The lowest BCUT2D eigenvalue weighted by Crippen LogP contribution is -2.25. The second-order valence-corrected chi connectivity index (χ2v) is 13.6. The van der Waals surface area contributed by atoms with Gasteiger partial charge in [-0.3, -0.25) is 5.01 Å². The van der Waals surface area contributed by atoms with Crippen molar-refractivity contribution in [3.63, 3.8) is 0 Å². The maximum absolute atomic E-state index is 12.4. The quantitative estimate of drug-likeness (QED) is 0.431. The minimum absolute atomic E-state index is 0.335. The van der Waals surface area contributed by atoms with E-state index in [1.807, 2.05) is 24.3 Å². The van der Waals surface area contributed by atoms with E-state index in [-0.39, 0.29) is 5.40 Å². The number of ether oxygens (including phenoxy) is 1. The standard InChI is InChI=1S/C15H26N2O3P2/c1-17(12-15(21(3,4)18)22(5,6)19)16-11-13-7-9-14(20-2)10-8-13/h7-11,15H,12H2,1-6H3/b16-11+. The van der Waals surface area contributed by atoms with Crippen LogP contribution in [0.5, 0.6) is 5.75 Å². The first-order valence-corrected chi connectivity index (χ1v) is 12.4. The average molecular weight is 344 g/mol. The summed E-state index contributed by atoms with van der Waals surface area (Å²) in [7, 11) is -1.48. The molecule has 0 atom stereocenters. The molecule has 0 saturated heterocycles. The van der Waals surface area contributed by atoms with Gasteiger partial charge in [0, 0.05) is 7.05 Å². The van der Waals surface area contributed by atoms with Gasteiger partial charge in [0.1, 0.15) is 5.75 Å². The van der Waals surface area contributed by atoms with Gasteiger partial charge in [-0.2, -0.15) is 5.10 Å². The minimum atomic E-state index is -2.45. The van der Waals surface area contributed by atoms with Crippen molar-refractivity contribution in [1.29, 1.82) is 0 Å². The molecule has 0 aromatic heterocycles. The Hall–Kier alpha value is -1.05. The van der Waals surface area contributed by atoms with E-state index in [0.717, 1.165) is 11.3 Å². The molecule has 1 aromatic carbocycles. The summed E-state index contributed by atoms with van der Waals surface area (Å²) in [5.74, 6) is 0.793. The van der Waals surface area contributed by atoms with E-state index >= 15 is 0 Å². The summed E-state index contributed by atoms with van der Waals surface area (Å²) in [6.45, 7) is 7.19. The van der Waals surface area contributed by atoms with E-state index in [1.54, 1.807) is 52.0 Å². The zero-order valence-electron chi connectivity index (χ0n) is 14.2. The maximum Gasteiger partial charge on any atom is 0.118 e. The molecular formula is C15H26N2O3P2. The lowest BCUT2D eigenvalue weighted by Gasteiger charge is -2.28. The first-order chi connectivity index (χ1) is 10.0. The molecule has 0 N–H and O–H groups in total. The van der Waals surface area contributed by atoms with Gasteiger partial charge in [-0.1, -0.05) is 0 Å².